The summed E-state index contributed by atoms with van der Waals surface area (Å²) in [5.74, 6) is -0.766. The minimum Gasteiger partial charge on any atom is -0.347 e. The average Bonchev–Trinajstić information content (AvgIpc) is 2.25. The molecule has 1 heterocycles. The predicted molar refractivity (Wildman–Crippen MR) is 76.2 cm³/mol. The summed E-state index contributed by atoms with van der Waals surface area (Å²) in [7, 11) is 0. The van der Waals surface area contributed by atoms with Crippen molar-refractivity contribution in [2.75, 3.05) is 0 Å². The molecule has 5 heteroatoms. The minimum atomic E-state index is -0.824. The summed E-state index contributed by atoms with van der Waals surface area (Å²) in [5.41, 5.74) is 0. The zero-order chi connectivity index (χ0) is 15.5. The van der Waals surface area contributed by atoms with E-state index in [9.17, 15) is 9.59 Å². The summed E-state index contributed by atoms with van der Waals surface area (Å²) in [4.78, 5) is 25.2. The number of rotatable bonds is 5. The van der Waals surface area contributed by atoms with Crippen molar-refractivity contribution in [3.63, 3.8) is 0 Å². The predicted octanol–water partition coefficient (Wildman–Crippen LogP) is 2.13. The lowest BCUT2D eigenvalue weighted by Gasteiger charge is -2.40. The molecule has 0 radical (unpaired) electrons. The van der Waals surface area contributed by atoms with Crippen LogP contribution in [0.2, 0.25) is 0 Å². The Hall–Kier alpha value is -0.940. The maximum absolute atomic E-state index is 12.4. The van der Waals surface area contributed by atoms with E-state index in [2.05, 4.69) is 0 Å². The third-order valence-corrected chi connectivity index (χ3v) is 3.34. The van der Waals surface area contributed by atoms with Crippen molar-refractivity contribution in [2.45, 2.75) is 84.5 Å². The Bertz CT molecular complexity index is 344. The van der Waals surface area contributed by atoms with Gasteiger partial charge in [-0.25, -0.2) is 0 Å². The molecular formula is C15H27NO4. The largest absolute Gasteiger partial charge is 0.347 e. The van der Waals surface area contributed by atoms with Crippen molar-refractivity contribution in [2.24, 2.45) is 0 Å². The van der Waals surface area contributed by atoms with Crippen LogP contribution < -0.4 is 0 Å². The molecule has 0 aromatic rings. The smallest absolute Gasteiger partial charge is 0.225 e. The summed E-state index contributed by atoms with van der Waals surface area (Å²) in [6.07, 6.45) is 0.727. The lowest BCUT2D eigenvalue weighted by molar-refractivity contribution is -0.290. The fourth-order valence-electron chi connectivity index (χ4n) is 2.83. The molecule has 1 aliphatic heterocycles. The van der Waals surface area contributed by atoms with Gasteiger partial charge in [-0.3, -0.25) is 4.79 Å². The molecule has 116 valence electrons. The first kappa shape index (κ1) is 17.1. The van der Waals surface area contributed by atoms with Crippen LogP contribution in [0.15, 0.2) is 0 Å². The van der Waals surface area contributed by atoms with E-state index in [0.29, 0.717) is 6.42 Å². The van der Waals surface area contributed by atoms with Crippen LogP contribution in [0.3, 0.4) is 0 Å². The highest BCUT2D eigenvalue weighted by atomic mass is 16.7. The molecule has 0 aromatic heterocycles. The van der Waals surface area contributed by atoms with Crippen molar-refractivity contribution < 1.29 is 19.1 Å². The van der Waals surface area contributed by atoms with Gasteiger partial charge in [0.25, 0.3) is 0 Å². The van der Waals surface area contributed by atoms with Gasteiger partial charge in [0.15, 0.2) is 5.79 Å². The Kier molecular flexibility index (Phi) is 5.71. The van der Waals surface area contributed by atoms with E-state index in [4.69, 9.17) is 9.47 Å². The molecule has 5 nitrogen and oxygen atoms in total. The van der Waals surface area contributed by atoms with Crippen LogP contribution in [0.25, 0.3) is 0 Å². The standard InChI is InChI=1S/C15H27NO4/c1-10(2)16(11(3)4)14(18)8-12-7-13(9-17)20-15(5,6)19-12/h9-13H,7-8H2,1-6H3. The van der Waals surface area contributed by atoms with Crippen molar-refractivity contribution >= 4 is 12.2 Å². The van der Waals surface area contributed by atoms with Gasteiger partial charge in [0.05, 0.1) is 12.5 Å². The molecule has 1 saturated heterocycles. The molecule has 20 heavy (non-hydrogen) atoms. The van der Waals surface area contributed by atoms with Gasteiger partial charge in [-0.2, -0.15) is 0 Å². The van der Waals surface area contributed by atoms with Crippen LogP contribution in [-0.2, 0) is 19.1 Å². The third kappa shape index (κ3) is 4.56. The highest BCUT2D eigenvalue weighted by Crippen LogP contribution is 2.28. The summed E-state index contributed by atoms with van der Waals surface area (Å²) in [6.45, 7) is 11.5. The molecule has 0 spiro atoms. The van der Waals surface area contributed by atoms with Crippen LogP contribution in [0.1, 0.15) is 54.4 Å². The second-order valence-electron chi connectivity index (χ2n) is 6.36. The number of nitrogens with zero attached hydrogens (tertiary/aromatic N) is 1. The molecule has 2 unspecified atom stereocenters. The lowest BCUT2D eigenvalue weighted by Crippen LogP contribution is -2.48. The van der Waals surface area contributed by atoms with E-state index in [-0.39, 0.29) is 30.5 Å². The van der Waals surface area contributed by atoms with Gasteiger partial charge >= 0.3 is 0 Å². The van der Waals surface area contributed by atoms with Crippen molar-refractivity contribution in [1.29, 1.82) is 0 Å². The molecule has 0 N–H and O–H groups in total. The summed E-state index contributed by atoms with van der Waals surface area (Å²) >= 11 is 0. The van der Waals surface area contributed by atoms with Crippen LogP contribution in [0.5, 0.6) is 0 Å². The van der Waals surface area contributed by atoms with Gasteiger partial charge in [0, 0.05) is 18.5 Å². The molecule has 0 aliphatic carbocycles. The van der Waals surface area contributed by atoms with Crippen LogP contribution >= 0.6 is 0 Å². The molecule has 2 atom stereocenters. The zero-order valence-electron chi connectivity index (χ0n) is 13.4. The minimum absolute atomic E-state index is 0.0577. The molecule has 0 bridgehead atoms. The molecule has 1 amide bonds. The number of carbonyl (C=O) groups is 2. The number of amides is 1. The third-order valence-electron chi connectivity index (χ3n) is 3.34. The monoisotopic (exact) mass is 285 g/mol. The average molecular weight is 285 g/mol. The highest BCUT2D eigenvalue weighted by Gasteiger charge is 2.37. The summed E-state index contributed by atoms with van der Waals surface area (Å²) in [6, 6.07) is 0.300. The molecule has 0 aromatic carbocycles. The maximum atomic E-state index is 12.4. The fraction of sp³-hybridized carbons (Fsp3) is 0.867. The first-order valence-corrected chi connectivity index (χ1v) is 7.28. The summed E-state index contributed by atoms with van der Waals surface area (Å²) in [5, 5.41) is 0. The van der Waals surface area contributed by atoms with Crippen LogP contribution in [0.4, 0.5) is 0 Å². The number of hydrogen-bond acceptors (Lipinski definition) is 4. The first-order valence-electron chi connectivity index (χ1n) is 7.28. The Labute approximate surface area is 121 Å². The number of hydrogen-bond donors (Lipinski definition) is 0. The van der Waals surface area contributed by atoms with Gasteiger partial charge in [-0.15, -0.1) is 0 Å². The molecule has 0 saturated carbocycles. The van der Waals surface area contributed by atoms with E-state index in [1.165, 1.54) is 0 Å². The lowest BCUT2D eigenvalue weighted by atomic mass is 10.0. The Morgan fingerprint density at radius 2 is 1.80 bits per heavy atom. The fourth-order valence-corrected chi connectivity index (χ4v) is 2.83. The zero-order valence-corrected chi connectivity index (χ0v) is 13.4. The highest BCUT2D eigenvalue weighted by molar-refractivity contribution is 5.77. The Balaban J connectivity index is 2.71. The van der Waals surface area contributed by atoms with Gasteiger partial charge in [-0.05, 0) is 41.5 Å². The second kappa shape index (κ2) is 6.68. The molecule has 1 fully saturated rings. The first-order chi connectivity index (χ1) is 9.16. The van der Waals surface area contributed by atoms with Crippen molar-refractivity contribution in [3.8, 4) is 0 Å². The van der Waals surface area contributed by atoms with Crippen molar-refractivity contribution in [3.05, 3.63) is 0 Å². The van der Waals surface area contributed by atoms with E-state index in [0.717, 1.165) is 6.29 Å². The van der Waals surface area contributed by atoms with Gasteiger partial charge < -0.3 is 19.2 Å². The van der Waals surface area contributed by atoms with Crippen LogP contribution in [0, 0.1) is 0 Å². The molecule has 1 rings (SSSR count). The molecule has 1 aliphatic rings. The van der Waals surface area contributed by atoms with Gasteiger partial charge in [0.2, 0.25) is 5.91 Å². The van der Waals surface area contributed by atoms with Gasteiger partial charge in [-0.1, -0.05) is 0 Å². The van der Waals surface area contributed by atoms with Crippen LogP contribution in [-0.4, -0.2) is 47.2 Å². The number of aldehydes is 1. The normalized spacial score (nSPS) is 25.8. The Morgan fingerprint density at radius 1 is 1.25 bits per heavy atom. The SMILES string of the molecule is CC(C)N(C(=O)CC1CC(C=O)OC(C)(C)O1)C(C)C. The van der Waals surface area contributed by atoms with Gasteiger partial charge in [0.1, 0.15) is 12.4 Å². The Morgan fingerprint density at radius 3 is 2.25 bits per heavy atom. The van der Waals surface area contributed by atoms with E-state index < -0.39 is 11.9 Å². The van der Waals surface area contributed by atoms with Crippen molar-refractivity contribution in [1.82, 2.24) is 4.90 Å². The molecular weight excluding hydrogens is 258 g/mol. The maximum Gasteiger partial charge on any atom is 0.225 e. The number of ether oxygens (including phenoxy) is 2. The number of carbonyl (C=O) groups excluding carboxylic acids is 2. The van der Waals surface area contributed by atoms with E-state index >= 15 is 0 Å². The van der Waals surface area contributed by atoms with E-state index in [1.54, 1.807) is 13.8 Å². The van der Waals surface area contributed by atoms with E-state index in [1.807, 2.05) is 32.6 Å². The topological polar surface area (TPSA) is 55.8 Å². The quantitative estimate of drug-likeness (QED) is 0.726. The summed E-state index contributed by atoms with van der Waals surface area (Å²) < 4.78 is 11.2. The second-order valence-corrected chi connectivity index (χ2v) is 6.36.